The first-order valence-corrected chi connectivity index (χ1v) is 2.88. The quantitative estimate of drug-likeness (QED) is 0.464. The lowest BCUT2D eigenvalue weighted by atomic mass is 10.4. The van der Waals surface area contributed by atoms with Gasteiger partial charge in [-0.3, -0.25) is 4.79 Å². The maximum absolute atomic E-state index is 9.74. The summed E-state index contributed by atoms with van der Waals surface area (Å²) in [6.07, 6.45) is 1.12. The van der Waals surface area contributed by atoms with Crippen molar-refractivity contribution in [2.24, 2.45) is 11.5 Å². The van der Waals surface area contributed by atoms with Crippen LogP contribution in [0.4, 0.5) is 0 Å². The minimum absolute atomic E-state index is 0.292. The zero-order valence-electron chi connectivity index (χ0n) is 6.12. The third-order valence-electron chi connectivity index (χ3n) is 0.565. The standard InChI is InChI=1S/C3H8N2O.C3H4O2/c4-2-1-3(5)6;1-2-3(4)5/h1-2,4H2,(H2,5,6);2H,1H2,(H,4,5). The third kappa shape index (κ3) is 28.8. The molecule has 0 rings (SSSR count). The van der Waals surface area contributed by atoms with Crippen molar-refractivity contribution in [1.82, 2.24) is 0 Å². The lowest BCUT2D eigenvalue weighted by Gasteiger charge is -1.82. The summed E-state index contributed by atoms with van der Waals surface area (Å²) in [5, 5.41) is 7.60. The molecule has 0 spiro atoms. The van der Waals surface area contributed by atoms with Gasteiger partial charge in [-0.25, -0.2) is 4.79 Å². The SMILES string of the molecule is C=CC(=O)O.NCCC(N)=O. The number of carboxylic acids is 1. The number of carbonyl (C=O) groups is 2. The van der Waals surface area contributed by atoms with Crippen LogP contribution in [0.1, 0.15) is 6.42 Å². The van der Waals surface area contributed by atoms with Crippen LogP contribution >= 0.6 is 0 Å². The number of amides is 1. The van der Waals surface area contributed by atoms with Crippen LogP contribution < -0.4 is 11.5 Å². The zero-order valence-corrected chi connectivity index (χ0v) is 6.12. The fraction of sp³-hybridized carbons (Fsp3) is 0.333. The highest BCUT2D eigenvalue weighted by Gasteiger charge is 1.84. The number of carbonyl (C=O) groups excluding carboxylic acids is 1. The molecule has 0 aliphatic rings. The molecule has 0 aliphatic carbocycles. The first-order valence-electron chi connectivity index (χ1n) is 2.88. The van der Waals surface area contributed by atoms with Gasteiger partial charge in [-0.05, 0) is 0 Å². The van der Waals surface area contributed by atoms with Gasteiger partial charge in [0, 0.05) is 19.0 Å². The highest BCUT2D eigenvalue weighted by molar-refractivity contribution is 5.78. The van der Waals surface area contributed by atoms with Gasteiger partial charge in [-0.15, -0.1) is 0 Å². The highest BCUT2D eigenvalue weighted by atomic mass is 16.4. The molecule has 0 radical (unpaired) electrons. The Morgan fingerprint density at radius 3 is 1.91 bits per heavy atom. The minimum Gasteiger partial charge on any atom is -0.478 e. The van der Waals surface area contributed by atoms with Crippen molar-refractivity contribution in [3.8, 4) is 0 Å². The van der Waals surface area contributed by atoms with Crippen LogP contribution in [0.2, 0.25) is 0 Å². The molecule has 0 saturated heterocycles. The van der Waals surface area contributed by atoms with Crippen LogP contribution in [0.15, 0.2) is 12.7 Å². The number of nitrogens with two attached hydrogens (primary N) is 2. The molecule has 0 aromatic carbocycles. The molecule has 0 bridgehead atoms. The van der Waals surface area contributed by atoms with Crippen LogP contribution in [0.25, 0.3) is 0 Å². The summed E-state index contributed by atoms with van der Waals surface area (Å²) >= 11 is 0. The van der Waals surface area contributed by atoms with E-state index in [-0.39, 0.29) is 5.91 Å². The van der Waals surface area contributed by atoms with E-state index in [1.165, 1.54) is 0 Å². The molecule has 0 aliphatic heterocycles. The first kappa shape index (κ1) is 12.3. The second kappa shape index (κ2) is 8.64. The molecular weight excluding hydrogens is 148 g/mol. The smallest absolute Gasteiger partial charge is 0.327 e. The molecule has 0 saturated carbocycles. The second-order valence-corrected chi connectivity index (χ2v) is 1.55. The van der Waals surface area contributed by atoms with Crippen molar-refractivity contribution in [2.75, 3.05) is 6.54 Å². The van der Waals surface area contributed by atoms with Crippen molar-refractivity contribution >= 4 is 11.9 Å². The topological polar surface area (TPSA) is 106 Å². The van der Waals surface area contributed by atoms with Crippen LogP contribution in [0, 0.1) is 0 Å². The molecule has 5 nitrogen and oxygen atoms in total. The van der Waals surface area contributed by atoms with E-state index in [0.717, 1.165) is 6.08 Å². The first-order chi connectivity index (χ1) is 5.04. The summed E-state index contributed by atoms with van der Waals surface area (Å²) < 4.78 is 0. The minimum atomic E-state index is -0.981. The van der Waals surface area contributed by atoms with Gasteiger partial charge in [0.15, 0.2) is 0 Å². The number of aliphatic carboxylic acids is 1. The van der Waals surface area contributed by atoms with Crippen molar-refractivity contribution in [3.63, 3.8) is 0 Å². The number of rotatable bonds is 3. The van der Waals surface area contributed by atoms with Crippen LogP contribution in [-0.2, 0) is 9.59 Å². The van der Waals surface area contributed by atoms with Gasteiger partial charge < -0.3 is 16.6 Å². The summed E-state index contributed by atoms with van der Waals surface area (Å²) in [6, 6.07) is 0. The summed E-state index contributed by atoms with van der Waals surface area (Å²) in [5.41, 5.74) is 9.61. The molecule has 64 valence electrons. The molecule has 1 amide bonds. The fourth-order valence-corrected chi connectivity index (χ4v) is 0.142. The maximum Gasteiger partial charge on any atom is 0.327 e. The van der Waals surface area contributed by atoms with Crippen LogP contribution in [0.5, 0.6) is 0 Å². The van der Waals surface area contributed by atoms with E-state index in [0.29, 0.717) is 13.0 Å². The lowest BCUT2D eigenvalue weighted by Crippen LogP contribution is -2.15. The number of hydrogen-bond acceptors (Lipinski definition) is 3. The molecule has 11 heavy (non-hydrogen) atoms. The Balaban J connectivity index is 0. The van der Waals surface area contributed by atoms with E-state index >= 15 is 0 Å². The Bertz CT molecular complexity index is 145. The molecule has 0 aromatic heterocycles. The molecule has 0 heterocycles. The Kier molecular flexibility index (Phi) is 9.68. The predicted octanol–water partition coefficient (Wildman–Crippen LogP) is -0.922. The Hall–Kier alpha value is -1.36. The average Bonchev–Trinajstić information content (AvgIpc) is 1.89. The van der Waals surface area contributed by atoms with E-state index in [2.05, 4.69) is 12.3 Å². The monoisotopic (exact) mass is 160 g/mol. The molecule has 0 atom stereocenters. The average molecular weight is 160 g/mol. The summed E-state index contributed by atoms with van der Waals surface area (Å²) in [6.45, 7) is 3.32. The number of primary amides is 1. The largest absolute Gasteiger partial charge is 0.478 e. The van der Waals surface area contributed by atoms with Crippen LogP contribution in [-0.4, -0.2) is 23.5 Å². The van der Waals surface area contributed by atoms with Crippen LogP contribution in [0.3, 0.4) is 0 Å². The molecule has 5 heteroatoms. The Morgan fingerprint density at radius 1 is 1.55 bits per heavy atom. The van der Waals surface area contributed by atoms with Gasteiger partial charge >= 0.3 is 5.97 Å². The Labute approximate surface area is 64.7 Å². The van der Waals surface area contributed by atoms with Crippen molar-refractivity contribution < 1.29 is 14.7 Å². The third-order valence-corrected chi connectivity index (χ3v) is 0.565. The van der Waals surface area contributed by atoms with E-state index in [1.54, 1.807) is 0 Å². The number of hydrogen-bond donors (Lipinski definition) is 3. The normalized spacial score (nSPS) is 7.36. The van der Waals surface area contributed by atoms with E-state index in [4.69, 9.17) is 10.8 Å². The van der Waals surface area contributed by atoms with E-state index < -0.39 is 5.97 Å². The van der Waals surface area contributed by atoms with Gasteiger partial charge in [-0.1, -0.05) is 6.58 Å². The van der Waals surface area contributed by atoms with E-state index in [9.17, 15) is 9.59 Å². The predicted molar refractivity (Wildman–Crippen MR) is 40.7 cm³/mol. The Morgan fingerprint density at radius 2 is 1.91 bits per heavy atom. The van der Waals surface area contributed by atoms with Crippen molar-refractivity contribution in [2.45, 2.75) is 6.42 Å². The summed E-state index contributed by atoms with van der Waals surface area (Å²) in [4.78, 5) is 19.0. The molecule has 0 aromatic rings. The summed E-state index contributed by atoms with van der Waals surface area (Å²) in [5.74, 6) is -1.32. The highest BCUT2D eigenvalue weighted by Crippen LogP contribution is 1.63. The van der Waals surface area contributed by atoms with Gasteiger partial charge in [0.05, 0.1) is 0 Å². The molecule has 0 fully saturated rings. The fourth-order valence-electron chi connectivity index (χ4n) is 0.142. The summed E-state index contributed by atoms with van der Waals surface area (Å²) in [7, 11) is 0. The van der Waals surface area contributed by atoms with Gasteiger partial charge in [-0.2, -0.15) is 0 Å². The molecular formula is C6H12N2O3. The molecule has 0 unspecified atom stereocenters. The molecule has 5 N–H and O–H groups in total. The lowest BCUT2D eigenvalue weighted by molar-refractivity contribution is -0.131. The second-order valence-electron chi connectivity index (χ2n) is 1.55. The van der Waals surface area contributed by atoms with Gasteiger partial charge in [0.1, 0.15) is 0 Å². The number of carboxylic acid groups (broad SMARTS) is 1. The van der Waals surface area contributed by atoms with Crippen molar-refractivity contribution in [3.05, 3.63) is 12.7 Å². The zero-order chi connectivity index (χ0) is 9.28. The maximum atomic E-state index is 9.74. The van der Waals surface area contributed by atoms with Gasteiger partial charge in [0.25, 0.3) is 0 Å². The van der Waals surface area contributed by atoms with Crippen molar-refractivity contribution in [1.29, 1.82) is 0 Å². The van der Waals surface area contributed by atoms with Gasteiger partial charge in [0.2, 0.25) is 5.91 Å². The van der Waals surface area contributed by atoms with E-state index in [1.807, 2.05) is 0 Å².